The van der Waals surface area contributed by atoms with Crippen molar-refractivity contribution in [2.24, 2.45) is 0 Å². The van der Waals surface area contributed by atoms with Crippen LogP contribution in [0.4, 0.5) is 5.82 Å². The van der Waals surface area contributed by atoms with Crippen LogP contribution in [-0.2, 0) is 13.0 Å². The molecule has 3 aromatic rings. The SMILES string of the molecule is C[C@H]1CN(c2cccc3nc(CN(C)C4CCCc5cccnc54)c(Cl)n23)CCN1. The smallest absolute Gasteiger partial charge is 0.139 e. The van der Waals surface area contributed by atoms with E-state index in [0.29, 0.717) is 18.6 Å². The Labute approximate surface area is 182 Å². The molecule has 0 radical (unpaired) electrons. The van der Waals surface area contributed by atoms with Crippen LogP contribution in [0.5, 0.6) is 0 Å². The number of halogens is 1. The minimum atomic E-state index is 0.310. The van der Waals surface area contributed by atoms with E-state index in [-0.39, 0.29) is 0 Å². The Kier molecular flexibility index (Phi) is 5.39. The molecule has 0 amide bonds. The van der Waals surface area contributed by atoms with Crippen molar-refractivity contribution >= 4 is 23.1 Å². The Hall–Kier alpha value is -2.15. The third kappa shape index (κ3) is 3.57. The van der Waals surface area contributed by atoms with E-state index < -0.39 is 0 Å². The summed E-state index contributed by atoms with van der Waals surface area (Å²) in [5, 5.41) is 4.23. The van der Waals surface area contributed by atoms with Gasteiger partial charge in [-0.2, -0.15) is 0 Å². The highest BCUT2D eigenvalue weighted by Gasteiger charge is 2.27. The third-order valence-corrected chi connectivity index (χ3v) is 6.81. The van der Waals surface area contributed by atoms with E-state index in [1.807, 2.05) is 18.3 Å². The van der Waals surface area contributed by atoms with Crippen LogP contribution in [0, 0.1) is 0 Å². The molecular formula is C23H29ClN6. The molecule has 0 spiro atoms. The monoisotopic (exact) mass is 424 g/mol. The molecule has 2 aliphatic rings. The van der Waals surface area contributed by atoms with Crippen molar-refractivity contribution in [1.29, 1.82) is 0 Å². The van der Waals surface area contributed by atoms with Gasteiger partial charge in [-0.15, -0.1) is 0 Å². The number of anilines is 1. The van der Waals surface area contributed by atoms with Crippen LogP contribution in [0.2, 0.25) is 5.15 Å². The van der Waals surface area contributed by atoms with Gasteiger partial charge >= 0.3 is 0 Å². The van der Waals surface area contributed by atoms with Crippen molar-refractivity contribution < 1.29 is 0 Å². The van der Waals surface area contributed by atoms with E-state index in [2.05, 4.69) is 51.7 Å². The summed E-state index contributed by atoms with van der Waals surface area (Å²) in [6, 6.07) is 11.3. The quantitative estimate of drug-likeness (QED) is 0.692. The highest BCUT2D eigenvalue weighted by Crippen LogP contribution is 2.34. The number of piperazine rings is 1. The fourth-order valence-electron chi connectivity index (χ4n) is 4.94. The normalized spacial score (nSPS) is 21.9. The van der Waals surface area contributed by atoms with Gasteiger partial charge in [-0.05, 0) is 57.0 Å². The van der Waals surface area contributed by atoms with Crippen LogP contribution < -0.4 is 10.2 Å². The lowest BCUT2D eigenvalue weighted by Gasteiger charge is -2.34. The molecule has 1 fully saturated rings. The topological polar surface area (TPSA) is 48.7 Å². The molecule has 3 aromatic heterocycles. The summed E-state index contributed by atoms with van der Waals surface area (Å²) in [4.78, 5) is 14.4. The summed E-state index contributed by atoms with van der Waals surface area (Å²) in [5.41, 5.74) is 4.42. The van der Waals surface area contributed by atoms with E-state index in [1.165, 1.54) is 17.7 Å². The summed E-state index contributed by atoms with van der Waals surface area (Å²) in [6.45, 7) is 5.84. The number of hydrogen-bond donors (Lipinski definition) is 1. The van der Waals surface area contributed by atoms with E-state index in [4.69, 9.17) is 21.6 Å². The molecule has 2 atom stereocenters. The molecule has 4 heterocycles. The molecule has 1 saturated heterocycles. The number of hydrogen-bond acceptors (Lipinski definition) is 5. The Morgan fingerprint density at radius 3 is 3.03 bits per heavy atom. The Bertz CT molecular complexity index is 1050. The highest BCUT2D eigenvalue weighted by atomic mass is 35.5. The van der Waals surface area contributed by atoms with Crippen molar-refractivity contribution in [3.8, 4) is 0 Å². The Morgan fingerprint density at radius 1 is 1.27 bits per heavy atom. The fraction of sp³-hybridized carbons (Fsp3) is 0.478. The van der Waals surface area contributed by atoms with Gasteiger partial charge in [-0.3, -0.25) is 14.3 Å². The summed E-state index contributed by atoms with van der Waals surface area (Å²) in [7, 11) is 2.16. The molecule has 158 valence electrons. The van der Waals surface area contributed by atoms with Crippen molar-refractivity contribution in [2.45, 2.75) is 44.8 Å². The number of imidazole rings is 1. The van der Waals surface area contributed by atoms with Gasteiger partial charge < -0.3 is 10.2 Å². The lowest BCUT2D eigenvalue weighted by molar-refractivity contribution is 0.206. The van der Waals surface area contributed by atoms with Crippen LogP contribution in [0.15, 0.2) is 36.5 Å². The number of aryl methyl sites for hydroxylation is 1. The minimum Gasteiger partial charge on any atom is -0.355 e. The summed E-state index contributed by atoms with van der Waals surface area (Å²) in [6.07, 6.45) is 5.34. The first-order chi connectivity index (χ1) is 14.6. The van der Waals surface area contributed by atoms with Gasteiger partial charge in [0.1, 0.15) is 16.6 Å². The zero-order chi connectivity index (χ0) is 20.7. The maximum Gasteiger partial charge on any atom is 0.139 e. The molecule has 5 rings (SSSR count). The maximum atomic E-state index is 6.92. The molecule has 0 bridgehead atoms. The van der Waals surface area contributed by atoms with Gasteiger partial charge in [0.25, 0.3) is 0 Å². The number of pyridine rings is 2. The van der Waals surface area contributed by atoms with Crippen LogP contribution in [-0.4, -0.2) is 52.0 Å². The summed E-state index contributed by atoms with van der Waals surface area (Å²) >= 11 is 6.92. The zero-order valence-corrected chi connectivity index (χ0v) is 18.4. The van der Waals surface area contributed by atoms with Gasteiger partial charge in [0.05, 0.1) is 17.4 Å². The molecule has 1 unspecified atom stereocenters. The van der Waals surface area contributed by atoms with E-state index >= 15 is 0 Å². The Morgan fingerprint density at radius 2 is 2.17 bits per heavy atom. The van der Waals surface area contributed by atoms with Crippen molar-refractivity contribution in [1.82, 2.24) is 24.6 Å². The van der Waals surface area contributed by atoms with Crippen LogP contribution in [0.25, 0.3) is 5.65 Å². The van der Waals surface area contributed by atoms with Gasteiger partial charge in [0.2, 0.25) is 0 Å². The zero-order valence-electron chi connectivity index (χ0n) is 17.7. The van der Waals surface area contributed by atoms with E-state index in [0.717, 1.165) is 54.8 Å². The second kappa shape index (κ2) is 8.17. The standard InChI is InChI=1S/C23H29ClN6/c1-16-14-29(13-12-25-16)21-10-4-9-20-27-18(23(24)30(20)21)15-28(2)19-8-3-6-17-7-5-11-26-22(17)19/h4-5,7,9-11,16,19,25H,3,6,8,12-15H2,1-2H3/t16-,19?/m0/s1. The minimum absolute atomic E-state index is 0.310. The van der Waals surface area contributed by atoms with E-state index in [9.17, 15) is 0 Å². The number of fused-ring (bicyclic) bond motifs is 2. The van der Waals surface area contributed by atoms with Gasteiger partial charge in [0.15, 0.2) is 0 Å². The third-order valence-electron chi connectivity index (χ3n) is 6.42. The van der Waals surface area contributed by atoms with Gasteiger partial charge in [-0.1, -0.05) is 23.7 Å². The van der Waals surface area contributed by atoms with Crippen molar-refractivity contribution in [2.75, 3.05) is 31.6 Å². The van der Waals surface area contributed by atoms with Gasteiger partial charge in [0, 0.05) is 38.4 Å². The van der Waals surface area contributed by atoms with Crippen LogP contribution in [0.3, 0.4) is 0 Å². The van der Waals surface area contributed by atoms with Gasteiger partial charge in [-0.25, -0.2) is 4.98 Å². The number of rotatable bonds is 4. The first-order valence-electron chi connectivity index (χ1n) is 10.9. The first-order valence-corrected chi connectivity index (χ1v) is 11.3. The summed E-state index contributed by atoms with van der Waals surface area (Å²) < 4.78 is 2.11. The molecule has 0 saturated carbocycles. The molecule has 7 heteroatoms. The number of aromatic nitrogens is 3. The lowest BCUT2D eigenvalue weighted by atomic mass is 9.91. The predicted octanol–water partition coefficient (Wildman–Crippen LogP) is 3.69. The van der Waals surface area contributed by atoms with Crippen molar-refractivity contribution in [3.63, 3.8) is 0 Å². The molecule has 1 N–H and O–H groups in total. The second-order valence-electron chi connectivity index (χ2n) is 8.60. The Balaban J connectivity index is 1.45. The molecule has 6 nitrogen and oxygen atoms in total. The fourth-order valence-corrected chi connectivity index (χ4v) is 5.21. The molecule has 0 aromatic carbocycles. The molecular weight excluding hydrogens is 396 g/mol. The van der Waals surface area contributed by atoms with Crippen LogP contribution >= 0.6 is 11.6 Å². The van der Waals surface area contributed by atoms with Crippen LogP contribution in [0.1, 0.15) is 42.8 Å². The first kappa shape index (κ1) is 19.8. The molecule has 1 aliphatic heterocycles. The lowest BCUT2D eigenvalue weighted by Crippen LogP contribution is -2.49. The molecule has 30 heavy (non-hydrogen) atoms. The number of nitrogens with one attached hydrogen (secondary N) is 1. The average Bonchev–Trinajstić information content (AvgIpc) is 3.08. The van der Waals surface area contributed by atoms with E-state index in [1.54, 1.807) is 0 Å². The summed E-state index contributed by atoms with van der Waals surface area (Å²) in [5.74, 6) is 1.12. The van der Waals surface area contributed by atoms with Crippen molar-refractivity contribution in [3.05, 3.63) is 58.6 Å². The largest absolute Gasteiger partial charge is 0.355 e. The maximum absolute atomic E-state index is 6.92. The number of nitrogens with zero attached hydrogens (tertiary/aromatic N) is 5. The predicted molar refractivity (Wildman–Crippen MR) is 121 cm³/mol. The second-order valence-corrected chi connectivity index (χ2v) is 8.96. The highest BCUT2D eigenvalue weighted by molar-refractivity contribution is 6.30. The average molecular weight is 425 g/mol. The molecule has 1 aliphatic carbocycles.